The van der Waals surface area contributed by atoms with Crippen LogP contribution < -0.4 is 15.8 Å². The first-order chi connectivity index (χ1) is 13.3. The number of benzene rings is 1. The minimum Gasteiger partial charge on any atom is -0.444 e. The zero-order valence-electron chi connectivity index (χ0n) is 16.9. The summed E-state index contributed by atoms with van der Waals surface area (Å²) in [4.78, 5) is 26.6. The average Bonchev–Trinajstić information content (AvgIpc) is 2.61. The molecule has 1 amide bonds. The van der Waals surface area contributed by atoms with Crippen LogP contribution in [-0.4, -0.2) is 31.3 Å². The second kappa shape index (κ2) is 7.15. The summed E-state index contributed by atoms with van der Waals surface area (Å²) >= 11 is 0. The van der Waals surface area contributed by atoms with Gasteiger partial charge >= 0.3 is 11.7 Å². The molecule has 2 aliphatic rings. The lowest BCUT2D eigenvalue weighted by atomic mass is 9.89. The Morgan fingerprint density at radius 3 is 2.71 bits per heavy atom. The van der Waals surface area contributed by atoms with Crippen molar-refractivity contribution in [3.8, 4) is 0 Å². The molecule has 0 fully saturated rings. The maximum atomic E-state index is 12.2. The molecule has 2 aliphatic heterocycles. The lowest BCUT2D eigenvalue weighted by Crippen LogP contribution is -2.34. The summed E-state index contributed by atoms with van der Waals surface area (Å²) in [6.45, 7) is 8.07. The minimum atomic E-state index is -0.530. The molecule has 6 heteroatoms. The number of nitrogens with zero attached hydrogens (tertiary/aromatic N) is 1. The maximum Gasteiger partial charge on any atom is 0.407 e. The van der Waals surface area contributed by atoms with Crippen LogP contribution in [0.2, 0.25) is 0 Å². The highest BCUT2D eigenvalue weighted by Gasteiger charge is 2.27. The monoisotopic (exact) mass is 384 g/mol. The van der Waals surface area contributed by atoms with Gasteiger partial charge in [-0.05, 0) is 70.1 Å². The molecule has 1 aromatic carbocycles. The fourth-order valence-corrected chi connectivity index (χ4v) is 4.36. The molecular weight excluding hydrogens is 356 g/mol. The Balaban J connectivity index is 1.64. The number of hydrogen-bond acceptors (Lipinski definition) is 5. The van der Waals surface area contributed by atoms with Gasteiger partial charge in [-0.2, -0.15) is 0 Å². The van der Waals surface area contributed by atoms with Crippen molar-refractivity contribution in [2.24, 2.45) is 0 Å². The van der Waals surface area contributed by atoms with E-state index in [9.17, 15) is 9.59 Å². The van der Waals surface area contributed by atoms with Crippen LogP contribution in [0.4, 0.5) is 10.5 Å². The van der Waals surface area contributed by atoms with Gasteiger partial charge < -0.3 is 19.4 Å². The lowest BCUT2D eigenvalue weighted by Gasteiger charge is -2.37. The van der Waals surface area contributed by atoms with Gasteiger partial charge in [-0.1, -0.05) is 0 Å². The van der Waals surface area contributed by atoms with E-state index in [0.29, 0.717) is 13.0 Å². The molecule has 0 saturated heterocycles. The highest BCUT2D eigenvalue weighted by Crippen LogP contribution is 2.40. The highest BCUT2D eigenvalue weighted by atomic mass is 16.6. The Bertz CT molecular complexity index is 969. The van der Waals surface area contributed by atoms with Crippen LogP contribution in [-0.2, 0) is 24.0 Å². The first-order valence-electron chi connectivity index (χ1n) is 10.1. The van der Waals surface area contributed by atoms with Crippen LogP contribution in [0.1, 0.15) is 50.3 Å². The van der Waals surface area contributed by atoms with E-state index in [0.717, 1.165) is 55.3 Å². The Morgan fingerprint density at radius 1 is 1.21 bits per heavy atom. The standard InChI is InChI=1S/C22H28N2O4/c1-22(2,3)28-21(26)23-9-8-14-13-18(25)27-20-16-7-5-11-24-10-4-6-15(19(16)24)12-17(14)20/h12-13H,4-11H2,1-3H3,(H,23,26). The molecule has 28 heavy (non-hydrogen) atoms. The van der Waals surface area contributed by atoms with Crippen molar-refractivity contribution in [3.05, 3.63) is 39.2 Å². The third-order valence-corrected chi connectivity index (χ3v) is 5.38. The molecule has 0 unspecified atom stereocenters. The predicted molar refractivity (Wildman–Crippen MR) is 109 cm³/mol. The van der Waals surface area contributed by atoms with Crippen molar-refractivity contribution in [2.45, 2.75) is 58.5 Å². The normalized spacial score (nSPS) is 16.0. The number of anilines is 1. The molecular formula is C22H28N2O4. The van der Waals surface area contributed by atoms with Crippen molar-refractivity contribution in [1.82, 2.24) is 5.32 Å². The number of carbonyl (C=O) groups is 1. The van der Waals surface area contributed by atoms with Gasteiger partial charge in [0.25, 0.3) is 0 Å². The van der Waals surface area contributed by atoms with Gasteiger partial charge in [-0.15, -0.1) is 0 Å². The first kappa shape index (κ1) is 18.8. The largest absolute Gasteiger partial charge is 0.444 e. The molecule has 1 aromatic heterocycles. The molecule has 6 nitrogen and oxygen atoms in total. The van der Waals surface area contributed by atoms with Crippen LogP contribution in [0.3, 0.4) is 0 Å². The first-order valence-corrected chi connectivity index (χ1v) is 10.1. The number of aryl methyl sites for hydroxylation is 2. The molecule has 0 spiro atoms. The quantitative estimate of drug-likeness (QED) is 0.820. The Hall–Kier alpha value is -2.50. The van der Waals surface area contributed by atoms with Crippen molar-refractivity contribution >= 4 is 22.7 Å². The number of ether oxygens (including phenoxy) is 1. The lowest BCUT2D eigenvalue weighted by molar-refractivity contribution is 0.0528. The molecule has 0 bridgehead atoms. The average molecular weight is 384 g/mol. The van der Waals surface area contributed by atoms with Crippen molar-refractivity contribution in [3.63, 3.8) is 0 Å². The Kier molecular flexibility index (Phi) is 4.81. The molecule has 3 heterocycles. The SMILES string of the molecule is CC(C)(C)OC(=O)NCCc1cc(=O)oc2c3c4c(cc12)CCCN4CCC3. The number of carbonyl (C=O) groups excluding carboxylic acids is 1. The number of alkyl carbamates (subject to hydrolysis) is 1. The number of hydrogen-bond donors (Lipinski definition) is 1. The van der Waals surface area contributed by atoms with Gasteiger partial charge in [0, 0.05) is 42.3 Å². The molecule has 150 valence electrons. The minimum absolute atomic E-state index is 0.330. The molecule has 0 aliphatic carbocycles. The fraction of sp³-hybridized carbons (Fsp3) is 0.545. The van der Waals surface area contributed by atoms with E-state index in [4.69, 9.17) is 9.15 Å². The summed E-state index contributed by atoms with van der Waals surface area (Å²) in [6.07, 6.45) is 4.36. The molecule has 0 saturated carbocycles. The van der Waals surface area contributed by atoms with E-state index < -0.39 is 11.7 Å². The fourth-order valence-electron chi connectivity index (χ4n) is 4.36. The number of fused-ring (bicyclic) bond motifs is 2. The van der Waals surface area contributed by atoms with Crippen molar-refractivity contribution < 1.29 is 13.9 Å². The number of amides is 1. The van der Waals surface area contributed by atoms with E-state index in [1.54, 1.807) is 6.07 Å². The predicted octanol–water partition coefficient (Wildman–Crippen LogP) is 3.56. The van der Waals surface area contributed by atoms with E-state index in [2.05, 4.69) is 16.3 Å². The molecule has 4 rings (SSSR count). The maximum absolute atomic E-state index is 12.2. The summed E-state index contributed by atoms with van der Waals surface area (Å²) in [7, 11) is 0. The number of rotatable bonds is 3. The van der Waals surface area contributed by atoms with Gasteiger partial charge in [0.1, 0.15) is 11.2 Å². The van der Waals surface area contributed by atoms with E-state index in [1.165, 1.54) is 16.8 Å². The van der Waals surface area contributed by atoms with Gasteiger partial charge in [0.05, 0.1) is 0 Å². The number of nitrogens with one attached hydrogen (secondary N) is 1. The van der Waals surface area contributed by atoms with Crippen LogP contribution >= 0.6 is 0 Å². The van der Waals surface area contributed by atoms with Gasteiger partial charge in [0.15, 0.2) is 0 Å². The molecule has 0 radical (unpaired) electrons. The summed E-state index contributed by atoms with van der Waals surface area (Å²) in [5.74, 6) is 0. The summed E-state index contributed by atoms with van der Waals surface area (Å²) in [5, 5.41) is 3.78. The smallest absolute Gasteiger partial charge is 0.407 e. The van der Waals surface area contributed by atoms with E-state index >= 15 is 0 Å². The third-order valence-electron chi connectivity index (χ3n) is 5.38. The summed E-state index contributed by atoms with van der Waals surface area (Å²) < 4.78 is 11.0. The summed E-state index contributed by atoms with van der Waals surface area (Å²) in [5.41, 5.74) is 4.61. The highest BCUT2D eigenvalue weighted by molar-refractivity contribution is 5.90. The molecule has 0 atom stereocenters. The van der Waals surface area contributed by atoms with Gasteiger partial charge in [-0.25, -0.2) is 9.59 Å². The topological polar surface area (TPSA) is 71.8 Å². The second-order valence-electron chi connectivity index (χ2n) is 8.70. The molecule has 1 N–H and O–H groups in total. The van der Waals surface area contributed by atoms with Gasteiger partial charge in [-0.3, -0.25) is 0 Å². The van der Waals surface area contributed by atoms with E-state index in [-0.39, 0.29) is 5.63 Å². The Labute approximate surface area is 164 Å². The van der Waals surface area contributed by atoms with Crippen molar-refractivity contribution in [1.29, 1.82) is 0 Å². The van der Waals surface area contributed by atoms with Gasteiger partial charge in [0.2, 0.25) is 0 Å². The van der Waals surface area contributed by atoms with Crippen molar-refractivity contribution in [2.75, 3.05) is 24.5 Å². The van der Waals surface area contributed by atoms with Crippen LogP contribution in [0.15, 0.2) is 21.3 Å². The Morgan fingerprint density at radius 2 is 1.96 bits per heavy atom. The van der Waals surface area contributed by atoms with E-state index in [1.807, 2.05) is 20.8 Å². The van der Waals surface area contributed by atoms with Crippen LogP contribution in [0.25, 0.3) is 11.0 Å². The third kappa shape index (κ3) is 3.73. The second-order valence-corrected chi connectivity index (χ2v) is 8.70. The molecule has 2 aromatic rings. The summed E-state index contributed by atoms with van der Waals surface area (Å²) in [6, 6.07) is 3.75. The zero-order chi connectivity index (χ0) is 19.9. The van der Waals surface area contributed by atoms with Crippen LogP contribution in [0, 0.1) is 0 Å². The van der Waals surface area contributed by atoms with Crippen LogP contribution in [0.5, 0.6) is 0 Å². The zero-order valence-corrected chi connectivity index (χ0v) is 16.9.